The quantitative estimate of drug-likeness (QED) is 0.399. The average Bonchev–Trinajstić information content (AvgIpc) is 2.76. The van der Waals surface area contributed by atoms with Gasteiger partial charge in [-0.2, -0.15) is 9.78 Å². The zero-order chi connectivity index (χ0) is 21.3. The van der Waals surface area contributed by atoms with Crippen molar-refractivity contribution in [3.8, 4) is 0 Å². The van der Waals surface area contributed by atoms with Crippen molar-refractivity contribution in [3.05, 3.63) is 71.8 Å². The van der Waals surface area contributed by atoms with Crippen molar-refractivity contribution in [2.45, 2.75) is 58.2 Å². The van der Waals surface area contributed by atoms with Gasteiger partial charge in [0, 0.05) is 0 Å². The molecule has 2 aromatic rings. The minimum absolute atomic E-state index is 0.415. The summed E-state index contributed by atoms with van der Waals surface area (Å²) in [6, 6.07) is 17.3. The largest absolute Gasteiger partial charge is 0.373 e. The molecule has 1 atom stereocenters. The van der Waals surface area contributed by atoms with Crippen LogP contribution in [0.5, 0.6) is 0 Å². The monoisotopic (exact) mass is 400 g/mol. The molecule has 0 aliphatic carbocycles. The highest BCUT2D eigenvalue weighted by Crippen LogP contribution is 2.28. The second-order valence-electron chi connectivity index (χ2n) is 7.70. The van der Waals surface area contributed by atoms with E-state index in [2.05, 4.69) is 0 Å². The molecule has 0 radical (unpaired) electrons. The lowest BCUT2D eigenvalue weighted by Crippen LogP contribution is -2.34. The lowest BCUT2D eigenvalue weighted by molar-refractivity contribution is -0.328. The highest BCUT2D eigenvalue weighted by atomic mass is 17.2. The maximum Gasteiger partial charge on any atom is 0.373 e. The number of benzene rings is 2. The Bertz CT molecular complexity index is 788. The Balaban J connectivity index is 1.83. The van der Waals surface area contributed by atoms with Gasteiger partial charge in [-0.05, 0) is 64.3 Å². The van der Waals surface area contributed by atoms with Gasteiger partial charge < -0.3 is 0 Å². The van der Waals surface area contributed by atoms with E-state index in [-0.39, 0.29) is 0 Å². The standard InChI is InChI=1S/C23H28O6/c1-5-23(4,29-27-21(25)19-14-10-7-11-15-19)17-16-22(2,3)28-26-20(24)18-12-8-6-9-13-18/h6-15H,5,16-17H2,1-4H3. The molecular weight excluding hydrogens is 372 g/mol. The molecule has 6 heteroatoms. The average molecular weight is 400 g/mol. The molecular formula is C23H28O6. The van der Waals surface area contributed by atoms with Gasteiger partial charge in [-0.1, -0.05) is 43.3 Å². The third kappa shape index (κ3) is 7.33. The Kier molecular flexibility index (Phi) is 7.93. The summed E-state index contributed by atoms with van der Waals surface area (Å²) in [4.78, 5) is 45.0. The lowest BCUT2D eigenvalue weighted by atomic mass is 9.91. The van der Waals surface area contributed by atoms with Crippen molar-refractivity contribution in [1.29, 1.82) is 0 Å². The second kappa shape index (κ2) is 10.2. The van der Waals surface area contributed by atoms with Gasteiger partial charge in [-0.15, -0.1) is 0 Å². The molecule has 6 nitrogen and oxygen atoms in total. The van der Waals surface area contributed by atoms with E-state index in [0.29, 0.717) is 30.4 Å². The minimum atomic E-state index is -0.742. The number of rotatable bonds is 10. The van der Waals surface area contributed by atoms with Crippen LogP contribution in [0.3, 0.4) is 0 Å². The van der Waals surface area contributed by atoms with Crippen LogP contribution in [0.2, 0.25) is 0 Å². The SMILES string of the molecule is CCC(C)(CCC(C)(C)OOC(=O)c1ccccc1)OOC(=O)c1ccccc1. The Labute approximate surface area is 171 Å². The Morgan fingerprint density at radius 3 is 1.62 bits per heavy atom. The van der Waals surface area contributed by atoms with Gasteiger partial charge >= 0.3 is 11.9 Å². The fourth-order valence-electron chi connectivity index (χ4n) is 2.42. The number of carbonyl (C=O) groups is 2. The van der Waals surface area contributed by atoms with Crippen LogP contribution in [-0.4, -0.2) is 23.1 Å². The molecule has 0 aliphatic rings. The lowest BCUT2D eigenvalue weighted by Gasteiger charge is -2.30. The molecule has 0 spiro atoms. The topological polar surface area (TPSA) is 71.1 Å². The first kappa shape index (κ1) is 22.6. The summed E-state index contributed by atoms with van der Waals surface area (Å²) in [7, 11) is 0. The fourth-order valence-corrected chi connectivity index (χ4v) is 2.42. The maximum atomic E-state index is 12.1. The van der Waals surface area contributed by atoms with Crippen LogP contribution in [0, 0.1) is 0 Å². The van der Waals surface area contributed by atoms with E-state index in [0.717, 1.165) is 0 Å². The van der Waals surface area contributed by atoms with Gasteiger partial charge in [-0.3, -0.25) is 9.78 Å². The smallest absolute Gasteiger partial charge is 0.292 e. The van der Waals surface area contributed by atoms with Gasteiger partial charge in [0.2, 0.25) is 0 Å². The predicted octanol–water partition coefficient (Wildman–Crippen LogP) is 5.29. The molecule has 0 aromatic heterocycles. The van der Waals surface area contributed by atoms with Crippen molar-refractivity contribution in [2.24, 2.45) is 0 Å². The van der Waals surface area contributed by atoms with Crippen LogP contribution in [-0.2, 0) is 19.6 Å². The molecule has 2 rings (SSSR count). The molecule has 0 saturated heterocycles. The number of hydrogen-bond acceptors (Lipinski definition) is 6. The van der Waals surface area contributed by atoms with Crippen LogP contribution < -0.4 is 0 Å². The summed E-state index contributed by atoms with van der Waals surface area (Å²) >= 11 is 0. The molecule has 0 bridgehead atoms. The number of carbonyl (C=O) groups excluding carboxylic acids is 2. The van der Waals surface area contributed by atoms with E-state index >= 15 is 0 Å². The van der Waals surface area contributed by atoms with Crippen molar-refractivity contribution in [1.82, 2.24) is 0 Å². The van der Waals surface area contributed by atoms with E-state index in [1.165, 1.54) is 0 Å². The summed E-state index contributed by atoms with van der Waals surface area (Å²) in [6.07, 6.45) is 1.67. The highest BCUT2D eigenvalue weighted by Gasteiger charge is 2.32. The summed E-state index contributed by atoms with van der Waals surface area (Å²) in [5.41, 5.74) is -0.609. The van der Waals surface area contributed by atoms with Gasteiger partial charge in [0.25, 0.3) is 0 Å². The molecule has 2 aromatic carbocycles. The number of hydrogen-bond donors (Lipinski definition) is 0. The van der Waals surface area contributed by atoms with Crippen LogP contribution in [0.4, 0.5) is 0 Å². The van der Waals surface area contributed by atoms with Gasteiger partial charge in [0.15, 0.2) is 0 Å². The Morgan fingerprint density at radius 1 is 0.724 bits per heavy atom. The summed E-state index contributed by atoms with van der Waals surface area (Å²) in [5.74, 6) is -1.09. The molecule has 29 heavy (non-hydrogen) atoms. The molecule has 0 N–H and O–H groups in total. The van der Waals surface area contributed by atoms with Crippen molar-refractivity contribution >= 4 is 11.9 Å². The highest BCUT2D eigenvalue weighted by molar-refractivity contribution is 5.89. The fraction of sp³-hybridized carbons (Fsp3) is 0.391. The van der Waals surface area contributed by atoms with Gasteiger partial charge in [0.1, 0.15) is 11.2 Å². The van der Waals surface area contributed by atoms with Gasteiger partial charge in [-0.25, -0.2) is 9.59 Å². The molecule has 0 saturated carbocycles. The van der Waals surface area contributed by atoms with Crippen LogP contribution >= 0.6 is 0 Å². The van der Waals surface area contributed by atoms with Crippen molar-refractivity contribution < 1.29 is 29.1 Å². The van der Waals surface area contributed by atoms with Crippen LogP contribution in [0.15, 0.2) is 60.7 Å². The molecule has 0 aliphatic heterocycles. The molecule has 0 heterocycles. The van der Waals surface area contributed by atoms with Crippen LogP contribution in [0.1, 0.15) is 67.7 Å². The summed E-state index contributed by atoms with van der Waals surface area (Å²) in [6.45, 7) is 7.44. The first-order valence-electron chi connectivity index (χ1n) is 9.65. The van der Waals surface area contributed by atoms with Crippen molar-refractivity contribution in [2.75, 3.05) is 0 Å². The van der Waals surface area contributed by atoms with E-state index in [9.17, 15) is 9.59 Å². The van der Waals surface area contributed by atoms with Crippen molar-refractivity contribution in [3.63, 3.8) is 0 Å². The molecule has 0 amide bonds. The molecule has 1 unspecified atom stereocenters. The first-order valence-corrected chi connectivity index (χ1v) is 9.65. The van der Waals surface area contributed by atoms with E-state index in [4.69, 9.17) is 19.6 Å². The molecule has 156 valence electrons. The van der Waals surface area contributed by atoms with E-state index in [1.54, 1.807) is 48.5 Å². The summed E-state index contributed by atoms with van der Waals surface area (Å²) < 4.78 is 0. The summed E-state index contributed by atoms with van der Waals surface area (Å²) in [5, 5.41) is 0. The van der Waals surface area contributed by atoms with E-state index in [1.807, 2.05) is 39.8 Å². The maximum absolute atomic E-state index is 12.1. The second-order valence-corrected chi connectivity index (χ2v) is 7.70. The van der Waals surface area contributed by atoms with E-state index < -0.39 is 23.1 Å². The van der Waals surface area contributed by atoms with Gasteiger partial charge in [0.05, 0.1) is 11.1 Å². The normalized spacial score (nSPS) is 13.4. The van der Waals surface area contributed by atoms with Crippen LogP contribution in [0.25, 0.3) is 0 Å². The third-order valence-electron chi connectivity index (χ3n) is 4.68. The minimum Gasteiger partial charge on any atom is -0.292 e. The zero-order valence-electron chi connectivity index (χ0n) is 17.3. The molecule has 0 fully saturated rings. The Hall–Kier alpha value is -2.70. The third-order valence-corrected chi connectivity index (χ3v) is 4.68. The first-order chi connectivity index (χ1) is 13.7. The predicted molar refractivity (Wildman–Crippen MR) is 108 cm³/mol. The zero-order valence-corrected chi connectivity index (χ0v) is 17.3. The Morgan fingerprint density at radius 2 is 1.17 bits per heavy atom.